The van der Waals surface area contributed by atoms with Gasteiger partial charge in [0, 0.05) is 16.8 Å². The van der Waals surface area contributed by atoms with Crippen molar-refractivity contribution < 1.29 is 18.4 Å². The Morgan fingerprint density at radius 1 is 1.53 bits per heavy atom. The summed E-state index contributed by atoms with van der Waals surface area (Å²) in [4.78, 5) is 4.10. The first-order valence-corrected chi connectivity index (χ1v) is 11.2. The zero-order chi connectivity index (χ0) is 22.2. The van der Waals surface area contributed by atoms with Gasteiger partial charge in [-0.15, -0.1) is 11.3 Å². The predicted molar refractivity (Wildman–Crippen MR) is 114 cm³/mol. The van der Waals surface area contributed by atoms with E-state index in [-0.39, 0.29) is 11.5 Å². The minimum absolute atomic E-state index is 0.0388. The number of fused-ring (bicyclic) bond motifs is 1. The Labute approximate surface area is 180 Å². The number of hydrogen-bond acceptors (Lipinski definition) is 9. The minimum atomic E-state index is -1.87. The molecule has 8 nitrogen and oxygen atoms in total. The van der Waals surface area contributed by atoms with Gasteiger partial charge in [-0.25, -0.2) is 9.37 Å². The van der Waals surface area contributed by atoms with E-state index in [2.05, 4.69) is 19.4 Å². The Morgan fingerprint density at radius 3 is 2.80 bits per heavy atom. The lowest BCUT2D eigenvalue weighted by molar-refractivity contribution is 0.0107. The molecule has 30 heavy (non-hydrogen) atoms. The lowest BCUT2D eigenvalue weighted by Gasteiger charge is -2.33. The molecule has 0 fully saturated rings. The Hall–Kier alpha value is -2.26. The van der Waals surface area contributed by atoms with Crippen LogP contribution in [-0.2, 0) is 25.3 Å². The van der Waals surface area contributed by atoms with E-state index in [1.807, 2.05) is 19.9 Å². The highest BCUT2D eigenvalue weighted by atomic mass is 32.2. The molecule has 1 aromatic carbocycles. The molecule has 1 aliphatic heterocycles. The first kappa shape index (κ1) is 22.4. The van der Waals surface area contributed by atoms with Crippen molar-refractivity contribution in [3.63, 3.8) is 0 Å². The SMILES string of the molecule is CC(C)c1c(F)c(C#N)cc2c1NC(N=[S-](=O)Nc1cnc(C(C)(C)O)s1)OC2C. The third kappa shape index (κ3) is 4.57. The normalized spacial score (nSPS) is 19.8. The van der Waals surface area contributed by atoms with Crippen LogP contribution in [0, 0.1) is 17.1 Å². The fourth-order valence-corrected chi connectivity index (χ4v) is 4.69. The molecule has 3 rings (SSSR count). The van der Waals surface area contributed by atoms with Crippen LogP contribution < -0.4 is 10.0 Å². The number of nitrogens with zero attached hydrogens (tertiary/aromatic N) is 3. The van der Waals surface area contributed by atoms with Gasteiger partial charge in [-0.3, -0.25) is 0 Å². The summed E-state index contributed by atoms with van der Waals surface area (Å²) in [5.41, 5.74) is 0.390. The number of halogens is 1. The average Bonchev–Trinajstić information content (AvgIpc) is 3.09. The van der Waals surface area contributed by atoms with Gasteiger partial charge in [-0.1, -0.05) is 24.6 Å². The van der Waals surface area contributed by atoms with E-state index < -0.39 is 34.7 Å². The Morgan fingerprint density at radius 2 is 2.23 bits per heavy atom. The smallest absolute Gasteiger partial charge is 0.205 e. The molecule has 2 atom stereocenters. The highest BCUT2D eigenvalue weighted by Gasteiger charge is 2.29. The number of ether oxygens (including phenoxy) is 1. The molecule has 1 aromatic heterocycles. The number of hydrogen-bond donors (Lipinski definition) is 3. The third-order valence-electron chi connectivity index (χ3n) is 4.48. The number of anilines is 2. The maximum absolute atomic E-state index is 14.8. The predicted octanol–water partition coefficient (Wildman–Crippen LogP) is 4.47. The van der Waals surface area contributed by atoms with Gasteiger partial charge in [0.2, 0.25) is 6.35 Å². The fraction of sp³-hybridized carbons (Fsp3) is 0.474. The molecule has 0 amide bonds. The van der Waals surface area contributed by atoms with Crippen LogP contribution in [-0.4, -0.2) is 16.4 Å². The van der Waals surface area contributed by atoms with E-state index in [0.717, 1.165) is 11.3 Å². The Bertz CT molecular complexity index is 1080. The van der Waals surface area contributed by atoms with Crippen LogP contribution in [0.3, 0.4) is 0 Å². The molecule has 162 valence electrons. The molecule has 2 unspecified atom stereocenters. The summed E-state index contributed by atoms with van der Waals surface area (Å²) in [6.45, 7) is 8.65. The number of benzene rings is 1. The highest BCUT2D eigenvalue weighted by molar-refractivity contribution is 7.76. The zero-order valence-corrected chi connectivity index (χ0v) is 18.8. The lowest BCUT2D eigenvalue weighted by atomic mass is 9.91. The molecule has 3 N–H and O–H groups in total. The molecule has 0 aliphatic carbocycles. The van der Waals surface area contributed by atoms with Gasteiger partial charge < -0.3 is 28.5 Å². The summed E-state index contributed by atoms with van der Waals surface area (Å²) in [7, 11) is -1.87. The van der Waals surface area contributed by atoms with Crippen molar-refractivity contribution in [1.82, 2.24) is 4.98 Å². The number of thiazole rings is 1. The van der Waals surface area contributed by atoms with E-state index in [4.69, 9.17) is 4.74 Å². The number of nitrogens with one attached hydrogen (secondary N) is 2. The summed E-state index contributed by atoms with van der Waals surface area (Å²) in [6, 6.07) is 3.35. The maximum atomic E-state index is 14.8. The van der Waals surface area contributed by atoms with Crippen molar-refractivity contribution in [1.29, 1.82) is 5.26 Å². The zero-order valence-electron chi connectivity index (χ0n) is 17.2. The molecule has 0 saturated carbocycles. The van der Waals surface area contributed by atoms with Crippen LogP contribution in [0.25, 0.3) is 0 Å². The molecule has 2 aromatic rings. The summed E-state index contributed by atoms with van der Waals surface area (Å²) >= 11 is 1.16. The van der Waals surface area contributed by atoms with Crippen molar-refractivity contribution >= 4 is 32.8 Å². The Balaban J connectivity index is 1.87. The summed E-state index contributed by atoms with van der Waals surface area (Å²) in [5.74, 6) is -0.763. The van der Waals surface area contributed by atoms with Crippen molar-refractivity contribution in [3.8, 4) is 6.07 Å². The average molecular weight is 453 g/mol. The number of nitriles is 1. The van der Waals surface area contributed by atoms with Gasteiger partial charge in [-0.05, 0) is 32.8 Å². The van der Waals surface area contributed by atoms with Gasteiger partial charge >= 0.3 is 0 Å². The van der Waals surface area contributed by atoms with E-state index in [0.29, 0.717) is 26.8 Å². The van der Waals surface area contributed by atoms with Crippen molar-refractivity contribution in [3.05, 3.63) is 39.8 Å². The van der Waals surface area contributed by atoms with Crippen LogP contribution >= 0.6 is 11.3 Å². The number of rotatable bonds is 5. The van der Waals surface area contributed by atoms with Crippen LogP contribution in [0.15, 0.2) is 16.6 Å². The highest BCUT2D eigenvalue weighted by Crippen LogP contribution is 2.40. The molecule has 11 heteroatoms. The van der Waals surface area contributed by atoms with Crippen LogP contribution in [0.5, 0.6) is 0 Å². The largest absolute Gasteiger partial charge is 0.426 e. The van der Waals surface area contributed by atoms with Crippen LogP contribution in [0.1, 0.15) is 68.3 Å². The molecular formula is C19H23FN5O3S2-. The van der Waals surface area contributed by atoms with E-state index >= 15 is 0 Å². The number of aromatic nitrogens is 1. The molecule has 0 saturated heterocycles. The van der Waals surface area contributed by atoms with Gasteiger partial charge in [0.05, 0.1) is 22.9 Å². The van der Waals surface area contributed by atoms with Crippen LogP contribution in [0.2, 0.25) is 0 Å². The fourth-order valence-electron chi connectivity index (χ4n) is 3.09. The van der Waals surface area contributed by atoms with Crippen molar-refractivity contribution in [2.24, 2.45) is 4.36 Å². The van der Waals surface area contributed by atoms with Crippen molar-refractivity contribution in [2.75, 3.05) is 10.0 Å². The molecule has 1 aliphatic rings. The van der Waals surface area contributed by atoms with Gasteiger partial charge in [0.25, 0.3) is 0 Å². The first-order valence-electron chi connectivity index (χ1n) is 9.27. The summed E-state index contributed by atoms with van der Waals surface area (Å²) < 4.78 is 39.8. The van der Waals surface area contributed by atoms with Crippen LogP contribution in [0.4, 0.5) is 15.1 Å². The Kier molecular flexibility index (Phi) is 6.33. The maximum Gasteiger partial charge on any atom is 0.205 e. The van der Waals surface area contributed by atoms with E-state index in [1.165, 1.54) is 12.3 Å². The van der Waals surface area contributed by atoms with Crippen molar-refractivity contribution in [2.45, 2.75) is 58.6 Å². The second-order valence-electron chi connectivity index (χ2n) is 7.70. The number of aliphatic hydroxyl groups is 1. The van der Waals surface area contributed by atoms with E-state index in [9.17, 15) is 19.0 Å². The molecule has 0 bridgehead atoms. The standard InChI is InChI=1S/C19H23FN5O3S2/c1-9(2)14-15(20)11(7-21)6-12-10(3)28-18(23-16(12)14)25-30(27)24-13-8-22-17(29-13)19(4,5)26/h6,8-10,18,23,26H,1-5H3,(H,24,25,27)/q-1. The molecule has 2 heterocycles. The van der Waals surface area contributed by atoms with Gasteiger partial charge in [0.15, 0.2) is 0 Å². The van der Waals surface area contributed by atoms with Gasteiger partial charge in [0.1, 0.15) is 22.5 Å². The third-order valence-corrected chi connectivity index (χ3v) is 6.61. The van der Waals surface area contributed by atoms with Gasteiger partial charge in [-0.2, -0.15) is 5.26 Å². The molecule has 0 spiro atoms. The topological polar surface area (TPSA) is 120 Å². The summed E-state index contributed by atoms with van der Waals surface area (Å²) in [5, 5.41) is 23.2. The second-order valence-corrected chi connectivity index (χ2v) is 9.65. The lowest BCUT2D eigenvalue weighted by Crippen LogP contribution is -2.30. The minimum Gasteiger partial charge on any atom is -0.426 e. The van der Waals surface area contributed by atoms with E-state index in [1.54, 1.807) is 20.8 Å². The second kappa shape index (κ2) is 8.47. The quantitative estimate of drug-likeness (QED) is 0.576. The molecular weight excluding hydrogens is 429 g/mol. The monoisotopic (exact) mass is 452 g/mol. The molecule has 0 radical (unpaired) electrons. The summed E-state index contributed by atoms with van der Waals surface area (Å²) in [6.07, 6.45) is 0.00320. The first-order chi connectivity index (χ1) is 14.0.